The first-order valence-corrected chi connectivity index (χ1v) is 9.44. The standard InChI is InChI=1S/C25H22O4/c26-22(17-24(28)19-10-4-1-5-11-19)16-23(27)18-25(29,20-12-6-2-7-13-20)21-14-8-3-9-15-21/h1-15,29H,16-18H2. The number of benzene rings is 3. The van der Waals surface area contributed by atoms with Crippen LogP contribution in [0.25, 0.3) is 0 Å². The predicted molar refractivity (Wildman–Crippen MR) is 111 cm³/mol. The zero-order chi connectivity index (χ0) is 20.7. The SMILES string of the molecule is O=C(CC(=O)CC(O)(c1ccccc1)c1ccccc1)CC(=O)c1ccccc1. The second-order valence-corrected chi connectivity index (χ2v) is 6.99. The molecule has 0 heterocycles. The van der Waals surface area contributed by atoms with E-state index in [2.05, 4.69) is 0 Å². The Labute approximate surface area is 169 Å². The lowest BCUT2D eigenvalue weighted by Gasteiger charge is -2.28. The minimum Gasteiger partial charge on any atom is -0.380 e. The van der Waals surface area contributed by atoms with Crippen LogP contribution in [-0.4, -0.2) is 22.5 Å². The van der Waals surface area contributed by atoms with E-state index in [1.165, 1.54) is 0 Å². The van der Waals surface area contributed by atoms with Gasteiger partial charge in [0.15, 0.2) is 5.78 Å². The summed E-state index contributed by atoms with van der Waals surface area (Å²) >= 11 is 0. The van der Waals surface area contributed by atoms with Gasteiger partial charge in [-0.05, 0) is 11.1 Å². The Hall–Kier alpha value is -3.37. The molecular weight excluding hydrogens is 364 g/mol. The van der Waals surface area contributed by atoms with Gasteiger partial charge in [0, 0.05) is 12.0 Å². The van der Waals surface area contributed by atoms with E-state index in [1.807, 2.05) is 12.1 Å². The Bertz CT molecular complexity index is 940. The van der Waals surface area contributed by atoms with Gasteiger partial charge < -0.3 is 5.11 Å². The summed E-state index contributed by atoms with van der Waals surface area (Å²) in [5.74, 6) is -1.18. The summed E-state index contributed by atoms with van der Waals surface area (Å²) in [6.45, 7) is 0. The van der Waals surface area contributed by atoms with Crippen molar-refractivity contribution in [2.45, 2.75) is 24.9 Å². The average molecular weight is 386 g/mol. The van der Waals surface area contributed by atoms with Crippen molar-refractivity contribution in [3.63, 3.8) is 0 Å². The van der Waals surface area contributed by atoms with Gasteiger partial charge >= 0.3 is 0 Å². The number of Topliss-reactive ketones (excluding diaryl/α,β-unsaturated/α-hetero) is 3. The fourth-order valence-electron chi connectivity index (χ4n) is 3.33. The first kappa shape index (κ1) is 20.4. The maximum Gasteiger partial charge on any atom is 0.170 e. The van der Waals surface area contributed by atoms with Gasteiger partial charge in [-0.3, -0.25) is 14.4 Å². The topological polar surface area (TPSA) is 71.4 Å². The van der Waals surface area contributed by atoms with Crippen molar-refractivity contribution in [3.05, 3.63) is 108 Å². The van der Waals surface area contributed by atoms with Crippen molar-refractivity contribution >= 4 is 17.3 Å². The molecule has 4 heteroatoms. The molecule has 0 spiro atoms. The molecule has 0 radical (unpaired) electrons. The number of carbonyl (C=O) groups is 3. The highest BCUT2D eigenvalue weighted by Gasteiger charge is 2.34. The lowest BCUT2D eigenvalue weighted by molar-refractivity contribution is -0.128. The van der Waals surface area contributed by atoms with E-state index in [0.29, 0.717) is 16.7 Å². The van der Waals surface area contributed by atoms with Gasteiger partial charge in [-0.25, -0.2) is 0 Å². The van der Waals surface area contributed by atoms with Crippen molar-refractivity contribution in [2.75, 3.05) is 0 Å². The summed E-state index contributed by atoms with van der Waals surface area (Å²) < 4.78 is 0. The first-order valence-electron chi connectivity index (χ1n) is 9.44. The van der Waals surface area contributed by atoms with E-state index in [-0.39, 0.29) is 25.0 Å². The number of hydrogen-bond acceptors (Lipinski definition) is 4. The van der Waals surface area contributed by atoms with Crippen molar-refractivity contribution < 1.29 is 19.5 Å². The number of hydrogen-bond donors (Lipinski definition) is 1. The second-order valence-electron chi connectivity index (χ2n) is 6.99. The molecular formula is C25H22O4. The smallest absolute Gasteiger partial charge is 0.170 e. The van der Waals surface area contributed by atoms with Gasteiger partial charge in [-0.1, -0.05) is 91.0 Å². The van der Waals surface area contributed by atoms with Crippen LogP contribution in [0.1, 0.15) is 40.7 Å². The minimum atomic E-state index is -1.54. The van der Waals surface area contributed by atoms with Crippen LogP contribution < -0.4 is 0 Å². The summed E-state index contributed by atoms with van der Waals surface area (Å²) in [5, 5.41) is 11.4. The molecule has 1 N–H and O–H groups in total. The Balaban J connectivity index is 1.72. The molecule has 3 rings (SSSR count). The second kappa shape index (κ2) is 9.22. The zero-order valence-electron chi connectivity index (χ0n) is 16.0. The fourth-order valence-corrected chi connectivity index (χ4v) is 3.33. The van der Waals surface area contributed by atoms with Crippen LogP contribution in [0.3, 0.4) is 0 Å². The van der Waals surface area contributed by atoms with E-state index in [9.17, 15) is 19.5 Å². The van der Waals surface area contributed by atoms with E-state index < -0.39 is 17.2 Å². The molecule has 4 nitrogen and oxygen atoms in total. The van der Waals surface area contributed by atoms with Crippen molar-refractivity contribution in [1.29, 1.82) is 0 Å². The number of aliphatic hydroxyl groups is 1. The van der Waals surface area contributed by atoms with E-state index >= 15 is 0 Å². The lowest BCUT2D eigenvalue weighted by Crippen LogP contribution is -2.31. The van der Waals surface area contributed by atoms with Crippen LogP contribution >= 0.6 is 0 Å². The van der Waals surface area contributed by atoms with E-state index in [1.54, 1.807) is 78.9 Å². The van der Waals surface area contributed by atoms with Crippen LogP contribution in [0.4, 0.5) is 0 Å². The maximum absolute atomic E-state index is 12.6. The normalized spacial score (nSPS) is 11.1. The summed E-state index contributed by atoms with van der Waals surface area (Å²) in [7, 11) is 0. The zero-order valence-corrected chi connectivity index (χ0v) is 16.0. The predicted octanol–water partition coefficient (Wildman–Crippen LogP) is 4.11. The molecule has 146 valence electrons. The quantitative estimate of drug-likeness (QED) is 0.444. The van der Waals surface area contributed by atoms with E-state index in [0.717, 1.165) is 0 Å². The van der Waals surface area contributed by atoms with Gasteiger partial charge in [0.25, 0.3) is 0 Å². The first-order chi connectivity index (χ1) is 14.0. The highest BCUT2D eigenvalue weighted by Crippen LogP contribution is 2.33. The summed E-state index contributed by atoms with van der Waals surface area (Å²) in [5.41, 5.74) is 0.0571. The molecule has 0 aromatic heterocycles. The monoisotopic (exact) mass is 386 g/mol. The number of ketones is 3. The molecule has 3 aromatic carbocycles. The van der Waals surface area contributed by atoms with Gasteiger partial charge in [0.05, 0.1) is 12.8 Å². The Morgan fingerprint density at radius 2 is 1.07 bits per heavy atom. The molecule has 0 bridgehead atoms. The highest BCUT2D eigenvalue weighted by atomic mass is 16.3. The fraction of sp³-hybridized carbons (Fsp3) is 0.160. The molecule has 0 fully saturated rings. The average Bonchev–Trinajstić information content (AvgIpc) is 2.75. The maximum atomic E-state index is 12.6. The lowest BCUT2D eigenvalue weighted by atomic mass is 9.81. The summed E-state index contributed by atoms with van der Waals surface area (Å²) in [6, 6.07) is 26.3. The third kappa shape index (κ3) is 5.12. The van der Waals surface area contributed by atoms with Gasteiger partial charge in [0.2, 0.25) is 0 Å². The van der Waals surface area contributed by atoms with Crippen LogP contribution in [-0.2, 0) is 15.2 Å². The molecule has 0 aliphatic heterocycles. The summed E-state index contributed by atoms with van der Waals surface area (Å²) in [6.07, 6.45) is -0.961. The molecule has 0 saturated carbocycles. The van der Waals surface area contributed by atoms with Crippen LogP contribution in [0, 0.1) is 0 Å². The van der Waals surface area contributed by atoms with E-state index in [4.69, 9.17) is 0 Å². The van der Waals surface area contributed by atoms with Crippen molar-refractivity contribution in [3.8, 4) is 0 Å². The van der Waals surface area contributed by atoms with Crippen LogP contribution in [0.2, 0.25) is 0 Å². The Morgan fingerprint density at radius 1 is 0.621 bits per heavy atom. The molecule has 0 aliphatic carbocycles. The van der Waals surface area contributed by atoms with Gasteiger partial charge in [-0.2, -0.15) is 0 Å². The molecule has 0 aliphatic rings. The third-order valence-corrected chi connectivity index (χ3v) is 4.80. The van der Waals surface area contributed by atoms with Crippen molar-refractivity contribution in [2.24, 2.45) is 0 Å². The molecule has 0 atom stereocenters. The highest BCUT2D eigenvalue weighted by molar-refractivity contribution is 6.12. The largest absolute Gasteiger partial charge is 0.380 e. The Morgan fingerprint density at radius 3 is 1.55 bits per heavy atom. The molecule has 0 saturated heterocycles. The van der Waals surface area contributed by atoms with Crippen LogP contribution in [0.15, 0.2) is 91.0 Å². The minimum absolute atomic E-state index is 0.244. The van der Waals surface area contributed by atoms with Gasteiger partial charge in [0.1, 0.15) is 17.2 Å². The number of carbonyl (C=O) groups excluding carboxylic acids is 3. The molecule has 0 amide bonds. The van der Waals surface area contributed by atoms with Crippen molar-refractivity contribution in [1.82, 2.24) is 0 Å². The molecule has 29 heavy (non-hydrogen) atoms. The molecule has 3 aromatic rings. The van der Waals surface area contributed by atoms with Crippen LogP contribution in [0.5, 0.6) is 0 Å². The van der Waals surface area contributed by atoms with Gasteiger partial charge in [-0.15, -0.1) is 0 Å². The summed E-state index contributed by atoms with van der Waals surface area (Å²) in [4.78, 5) is 37.1. The third-order valence-electron chi connectivity index (χ3n) is 4.80. The number of rotatable bonds is 9. The molecule has 0 unspecified atom stereocenters. The Kier molecular flexibility index (Phi) is 6.47.